The fourth-order valence-electron chi connectivity index (χ4n) is 0. The third-order valence-corrected chi connectivity index (χ3v) is 0. The van der Waals surface area contributed by atoms with Gasteiger partial charge in [0.2, 0.25) is 0 Å². The summed E-state index contributed by atoms with van der Waals surface area (Å²) in [7, 11) is 0. The molecule has 0 atom stereocenters. The van der Waals surface area contributed by atoms with E-state index in [-0.39, 0.29) is 48.2 Å². The molecule has 0 saturated carbocycles. The summed E-state index contributed by atoms with van der Waals surface area (Å²) >= 11 is 0. The molecule has 0 rings (SSSR count). The second-order valence-corrected chi connectivity index (χ2v) is 0. The van der Waals surface area contributed by atoms with E-state index in [1.54, 1.807) is 0 Å². The Morgan fingerprint density at radius 2 is 0.500 bits per heavy atom. The molecule has 0 aliphatic carbocycles. The van der Waals surface area contributed by atoms with Gasteiger partial charge in [-0.05, 0) is 0 Å². The molecule has 0 bridgehead atoms. The van der Waals surface area contributed by atoms with Crippen LogP contribution in [0.15, 0.2) is 0 Å². The molecule has 0 spiro atoms. The molecule has 0 aromatic carbocycles. The molecule has 0 heterocycles. The standard InChI is InChI=1S/H3N.4O.Tc/h1H3;;;;;/q;4*-2;+7/p+1. The van der Waals surface area contributed by atoms with Gasteiger partial charge in [-0.25, -0.2) is 0 Å². The van der Waals surface area contributed by atoms with E-state index in [0.29, 0.717) is 0 Å². The molecular formula is H4NO4Tc. The molecule has 6 heteroatoms. The van der Waals surface area contributed by atoms with Crippen molar-refractivity contribution in [3.63, 3.8) is 0 Å². The van der Waals surface area contributed by atoms with Crippen LogP contribution in [0.25, 0.3) is 0 Å². The van der Waals surface area contributed by atoms with Gasteiger partial charge in [-0.2, -0.15) is 0 Å². The Hall–Kier alpha value is 0.449. The predicted molar refractivity (Wildman–Crippen MR) is 8.73 cm³/mol. The normalized spacial score (nSPS) is 0. The summed E-state index contributed by atoms with van der Waals surface area (Å²) in [5.74, 6) is 0. The molecule has 0 fully saturated rings. The van der Waals surface area contributed by atoms with Crippen LogP contribution in [0.5, 0.6) is 0 Å². The zero-order valence-corrected chi connectivity index (χ0v) is 4.87. The van der Waals surface area contributed by atoms with Crippen LogP contribution in [0.1, 0.15) is 0 Å². The Labute approximate surface area is 48.9 Å². The topological polar surface area (TPSA) is 150 Å². The molecule has 40 valence electrons. The molecule has 0 aromatic heterocycles. The van der Waals surface area contributed by atoms with Crippen molar-refractivity contribution in [2.24, 2.45) is 0 Å². The van der Waals surface area contributed by atoms with Gasteiger partial charge in [0.25, 0.3) is 0 Å². The molecule has 0 unspecified atom stereocenters. The van der Waals surface area contributed by atoms with E-state index in [1.165, 1.54) is 0 Å². The molecule has 0 aliphatic heterocycles. The van der Waals surface area contributed by atoms with Crippen molar-refractivity contribution < 1.29 is 42.0 Å². The first-order chi connectivity index (χ1) is 0. The summed E-state index contributed by atoms with van der Waals surface area (Å²) in [4.78, 5) is 0. The first kappa shape index (κ1) is 948. The van der Waals surface area contributed by atoms with Gasteiger partial charge in [-0.3, -0.25) is 0 Å². The van der Waals surface area contributed by atoms with E-state index in [4.69, 9.17) is 0 Å². The van der Waals surface area contributed by atoms with Gasteiger partial charge in [-0.1, -0.05) is 0 Å². The van der Waals surface area contributed by atoms with Gasteiger partial charge in [-0.15, -0.1) is 0 Å². The summed E-state index contributed by atoms with van der Waals surface area (Å²) < 4.78 is 0. The van der Waals surface area contributed by atoms with Crippen LogP contribution in [-0.4, -0.2) is 0 Å². The summed E-state index contributed by atoms with van der Waals surface area (Å²) in [5, 5.41) is 0. The average Bonchev–Trinajstić information content (AvgIpc) is 0. The van der Waals surface area contributed by atoms with Crippen molar-refractivity contribution in [2.75, 3.05) is 0 Å². The van der Waals surface area contributed by atoms with Crippen molar-refractivity contribution >= 4 is 0 Å². The number of rotatable bonds is 0. The number of hydrogen-bond acceptors (Lipinski definition) is 0. The molecule has 0 amide bonds. The molecule has 5 nitrogen and oxygen atoms in total. The first-order valence-electron chi connectivity index (χ1n) is 0. The van der Waals surface area contributed by atoms with Crippen LogP contribution >= 0.6 is 0 Å². The summed E-state index contributed by atoms with van der Waals surface area (Å²) in [5.41, 5.74) is 0. The van der Waals surface area contributed by atoms with Crippen LogP contribution in [0.2, 0.25) is 0 Å². The summed E-state index contributed by atoms with van der Waals surface area (Å²) in [6.45, 7) is 0. The molecule has 6 heavy (non-hydrogen) atoms. The Kier molecular flexibility index (Phi) is 84500. The SMILES string of the molecule is [NH4+].[O-2].[O-2].[O-2].[O-2].[Tc+7]. The number of quaternary nitrogens is 1. The van der Waals surface area contributed by atoms with Gasteiger partial charge >= 0.3 is 20.1 Å². The smallest absolute Gasteiger partial charge is 2.00 e. The van der Waals surface area contributed by atoms with E-state index in [0.717, 1.165) is 0 Å². The molecule has 0 saturated heterocycles. The first-order valence-corrected chi connectivity index (χ1v) is 0. The molecule has 4 N–H and O–H groups in total. The third kappa shape index (κ3) is 262. The van der Waals surface area contributed by atoms with E-state index in [2.05, 4.69) is 0 Å². The van der Waals surface area contributed by atoms with E-state index >= 15 is 0 Å². The second-order valence-electron chi connectivity index (χ2n) is 0. The molecule has 0 radical (unpaired) electrons. The van der Waals surface area contributed by atoms with Crippen LogP contribution < -0.4 is 6.15 Å². The predicted octanol–water partition coefficient (Wildman–Crippen LogP) is -0.102. The fraction of sp³-hybridized carbons (Fsp3) is 0. The van der Waals surface area contributed by atoms with Gasteiger partial charge < -0.3 is 28.1 Å². The van der Waals surface area contributed by atoms with Crippen molar-refractivity contribution in [3.8, 4) is 0 Å². The van der Waals surface area contributed by atoms with E-state index in [1.807, 2.05) is 0 Å². The zero-order chi connectivity index (χ0) is 0. The van der Waals surface area contributed by atoms with Crippen LogP contribution in [0, 0.1) is 0 Å². The fourth-order valence-corrected chi connectivity index (χ4v) is 0. The van der Waals surface area contributed by atoms with Crippen molar-refractivity contribution in [2.45, 2.75) is 0 Å². The average molecular weight is 180 g/mol. The van der Waals surface area contributed by atoms with E-state index in [9.17, 15) is 0 Å². The maximum atomic E-state index is 0. The Morgan fingerprint density at radius 1 is 0.500 bits per heavy atom. The molecule has 0 aliphatic rings. The van der Waals surface area contributed by atoms with Crippen LogP contribution in [-0.2, 0) is 42.0 Å². The molecule has 0 aromatic rings. The summed E-state index contributed by atoms with van der Waals surface area (Å²) in [6.07, 6.45) is 0. The zero-order valence-electron chi connectivity index (χ0n) is 3.01. The van der Waals surface area contributed by atoms with Crippen molar-refractivity contribution in [3.05, 3.63) is 0 Å². The van der Waals surface area contributed by atoms with Crippen LogP contribution in [0.4, 0.5) is 0 Å². The monoisotopic (exact) mass is 179 g/mol. The van der Waals surface area contributed by atoms with E-state index < -0.39 is 0 Å². The minimum atomic E-state index is 0. The van der Waals surface area contributed by atoms with Gasteiger partial charge in [0.05, 0.1) is 0 Å². The third-order valence-electron chi connectivity index (χ3n) is 0. The quantitative estimate of drug-likeness (QED) is 0.529. The van der Waals surface area contributed by atoms with Crippen molar-refractivity contribution in [1.82, 2.24) is 6.15 Å². The maximum absolute atomic E-state index is 0. The van der Waals surface area contributed by atoms with Gasteiger partial charge in [0.1, 0.15) is 0 Å². The summed E-state index contributed by atoms with van der Waals surface area (Å²) in [6, 6.07) is 0. The largest absolute Gasteiger partial charge is 7.00 e. The van der Waals surface area contributed by atoms with Crippen molar-refractivity contribution in [1.29, 1.82) is 0 Å². The number of hydrogen-bond donors (Lipinski definition) is 1. The minimum Gasteiger partial charge on any atom is -2.00 e. The molecular weight excluding hydrogens is 176 g/mol. The second kappa shape index (κ2) is 534. The van der Waals surface area contributed by atoms with Gasteiger partial charge in [0, 0.05) is 0 Å². The Bertz CT molecular complexity index is 7.51. The Balaban J connectivity index is 0. The van der Waals surface area contributed by atoms with Crippen LogP contribution in [0.3, 0.4) is 0 Å². The Morgan fingerprint density at radius 3 is 0.500 bits per heavy atom. The minimum absolute atomic E-state index is 0. The van der Waals surface area contributed by atoms with Gasteiger partial charge in [0.15, 0.2) is 0 Å². The maximum Gasteiger partial charge on any atom is 7.00 e.